The minimum absolute atomic E-state index is 0.197. The van der Waals surface area contributed by atoms with Gasteiger partial charge in [-0.15, -0.1) is 0 Å². The number of benzene rings is 3. The molecule has 1 amide bonds. The number of nitrogens with one attached hydrogen (secondary N) is 3. The van der Waals surface area contributed by atoms with E-state index in [0.29, 0.717) is 51.5 Å². The van der Waals surface area contributed by atoms with Crippen LogP contribution in [-0.2, 0) is 9.59 Å². The quantitative estimate of drug-likeness (QED) is 0.217. The number of thiocarbonyl (C=S) groups is 1. The zero-order valence-electron chi connectivity index (χ0n) is 20.4. The molecule has 1 heterocycles. The fourth-order valence-electron chi connectivity index (χ4n) is 3.82. The third-order valence-corrected chi connectivity index (χ3v) is 5.68. The van der Waals surface area contributed by atoms with Crippen LogP contribution in [-0.4, -0.2) is 30.2 Å². The molecule has 1 unspecified atom stereocenters. The van der Waals surface area contributed by atoms with Crippen LogP contribution < -0.4 is 30.2 Å². The zero-order chi connectivity index (χ0) is 26.2. The predicted octanol–water partition coefficient (Wildman–Crippen LogP) is 4.50. The second kappa shape index (κ2) is 12.0. The van der Waals surface area contributed by atoms with Crippen LogP contribution in [0.1, 0.15) is 25.5 Å². The number of carbonyl (C=O) groups is 2. The van der Waals surface area contributed by atoms with Crippen LogP contribution >= 0.6 is 12.2 Å². The first-order chi connectivity index (χ1) is 17.9. The molecule has 4 rings (SSSR count). The van der Waals surface area contributed by atoms with Gasteiger partial charge in [0, 0.05) is 11.4 Å². The highest BCUT2D eigenvalue weighted by molar-refractivity contribution is 7.80. The zero-order valence-corrected chi connectivity index (χ0v) is 21.3. The van der Waals surface area contributed by atoms with Crippen LogP contribution in [0.15, 0.2) is 90.1 Å². The minimum atomic E-state index is -0.584. The smallest absolute Gasteiger partial charge is 0.343 e. The first kappa shape index (κ1) is 25.7. The maximum absolute atomic E-state index is 13.2. The van der Waals surface area contributed by atoms with Crippen LogP contribution in [0.3, 0.4) is 0 Å². The Balaban J connectivity index is 1.54. The van der Waals surface area contributed by atoms with E-state index < -0.39 is 12.0 Å². The van der Waals surface area contributed by atoms with Gasteiger partial charge in [0.1, 0.15) is 5.75 Å². The third kappa shape index (κ3) is 6.65. The molecule has 0 saturated carbocycles. The molecule has 37 heavy (non-hydrogen) atoms. The summed E-state index contributed by atoms with van der Waals surface area (Å²) in [4.78, 5) is 25.5. The van der Waals surface area contributed by atoms with E-state index in [0.717, 1.165) is 0 Å². The first-order valence-corrected chi connectivity index (χ1v) is 12.2. The van der Waals surface area contributed by atoms with Crippen molar-refractivity contribution in [2.45, 2.75) is 19.9 Å². The largest absolute Gasteiger partial charge is 0.490 e. The van der Waals surface area contributed by atoms with Crippen LogP contribution in [0.25, 0.3) is 0 Å². The molecule has 1 aliphatic rings. The summed E-state index contributed by atoms with van der Waals surface area (Å²) < 4.78 is 17.2. The molecular formula is C28H27N3O5S. The Morgan fingerprint density at radius 2 is 1.65 bits per heavy atom. The van der Waals surface area contributed by atoms with Gasteiger partial charge in [-0.2, -0.15) is 0 Å². The molecule has 3 aromatic rings. The van der Waals surface area contributed by atoms with Crippen LogP contribution in [0.5, 0.6) is 17.2 Å². The number of allylic oxidation sites excluding steroid dienone is 1. The van der Waals surface area contributed by atoms with Crippen molar-refractivity contribution < 1.29 is 23.8 Å². The number of esters is 1. The summed E-state index contributed by atoms with van der Waals surface area (Å²) in [5.41, 5.74) is 2.37. The number of anilines is 1. The van der Waals surface area contributed by atoms with Crippen molar-refractivity contribution in [3.63, 3.8) is 0 Å². The fraction of sp³-hybridized carbons (Fsp3) is 0.179. The van der Waals surface area contributed by atoms with Gasteiger partial charge in [0.05, 0.1) is 18.2 Å². The molecule has 0 aromatic heterocycles. The van der Waals surface area contributed by atoms with Crippen molar-refractivity contribution in [2.75, 3.05) is 18.5 Å². The summed E-state index contributed by atoms with van der Waals surface area (Å²) in [5.74, 6) is 0.471. The fourth-order valence-corrected chi connectivity index (χ4v) is 4.09. The van der Waals surface area contributed by atoms with Gasteiger partial charge in [-0.3, -0.25) is 4.79 Å². The van der Waals surface area contributed by atoms with E-state index >= 15 is 0 Å². The van der Waals surface area contributed by atoms with Gasteiger partial charge in [-0.1, -0.05) is 42.5 Å². The maximum Gasteiger partial charge on any atom is 0.343 e. The lowest BCUT2D eigenvalue weighted by molar-refractivity contribution is -0.130. The van der Waals surface area contributed by atoms with Gasteiger partial charge in [0.2, 0.25) is 0 Å². The van der Waals surface area contributed by atoms with E-state index in [9.17, 15) is 9.59 Å². The first-order valence-electron chi connectivity index (χ1n) is 11.7. The molecule has 190 valence electrons. The van der Waals surface area contributed by atoms with Crippen LogP contribution in [0.2, 0.25) is 0 Å². The molecule has 0 spiro atoms. The Bertz CT molecular complexity index is 1310. The summed E-state index contributed by atoms with van der Waals surface area (Å²) in [5, 5.41) is 9.31. The van der Waals surface area contributed by atoms with Gasteiger partial charge < -0.3 is 30.2 Å². The van der Waals surface area contributed by atoms with Gasteiger partial charge in [0.15, 0.2) is 23.2 Å². The van der Waals surface area contributed by atoms with Crippen molar-refractivity contribution in [3.8, 4) is 17.2 Å². The molecule has 0 bridgehead atoms. The second-order valence-corrected chi connectivity index (χ2v) is 8.52. The van der Waals surface area contributed by atoms with Crippen molar-refractivity contribution >= 4 is 34.9 Å². The Morgan fingerprint density at radius 1 is 0.946 bits per heavy atom. The number of hydrogen-bond acceptors (Lipinski definition) is 6. The van der Waals surface area contributed by atoms with Crippen molar-refractivity contribution in [3.05, 3.63) is 95.7 Å². The lowest BCUT2D eigenvalue weighted by atomic mass is 9.95. The molecule has 3 aromatic carbocycles. The van der Waals surface area contributed by atoms with Crippen molar-refractivity contribution in [1.29, 1.82) is 0 Å². The molecule has 3 N–H and O–H groups in total. The maximum atomic E-state index is 13.2. The summed E-state index contributed by atoms with van der Waals surface area (Å²) in [6.07, 6.45) is 0. The summed E-state index contributed by atoms with van der Waals surface area (Å²) in [6.45, 7) is 3.81. The average molecular weight is 518 g/mol. The summed E-state index contributed by atoms with van der Waals surface area (Å²) in [7, 11) is 0. The highest BCUT2D eigenvalue weighted by Crippen LogP contribution is 2.35. The topological polar surface area (TPSA) is 97.9 Å². The number of rotatable bonds is 9. The van der Waals surface area contributed by atoms with E-state index in [1.165, 1.54) is 0 Å². The minimum Gasteiger partial charge on any atom is -0.490 e. The molecule has 0 aliphatic carbocycles. The third-order valence-electron chi connectivity index (χ3n) is 5.46. The molecule has 0 saturated heterocycles. The van der Waals surface area contributed by atoms with Gasteiger partial charge in [0.25, 0.3) is 5.91 Å². The summed E-state index contributed by atoms with van der Waals surface area (Å²) in [6, 6.07) is 22.7. The SMILES string of the molecule is CCOc1cc(C2NC(=S)NC(C)=C2C(=O)Oc2ccccc2)ccc1OCC(=O)Nc1ccccc1. The van der Waals surface area contributed by atoms with Crippen LogP contribution in [0, 0.1) is 0 Å². The highest BCUT2D eigenvalue weighted by Gasteiger charge is 2.32. The van der Waals surface area contributed by atoms with E-state index in [1.807, 2.05) is 31.2 Å². The Morgan fingerprint density at radius 3 is 2.35 bits per heavy atom. The monoisotopic (exact) mass is 517 g/mol. The number of ether oxygens (including phenoxy) is 3. The Hall–Kier alpha value is -4.37. The molecule has 9 heteroatoms. The van der Waals surface area contributed by atoms with E-state index in [1.54, 1.807) is 61.5 Å². The number of amides is 1. The standard InChI is InChI=1S/C28H27N3O5S/c1-3-34-23-16-19(14-15-22(23)35-17-24(32)30-20-10-6-4-7-11-20)26-25(18(2)29-28(37)31-26)27(33)36-21-12-8-5-9-13-21/h4-16,26H,3,17H2,1-2H3,(H,30,32)(H2,29,31,37). The molecular weight excluding hydrogens is 490 g/mol. The molecule has 1 atom stereocenters. The molecule has 0 fully saturated rings. The lowest BCUT2D eigenvalue weighted by Crippen LogP contribution is -2.45. The summed E-state index contributed by atoms with van der Waals surface area (Å²) >= 11 is 5.35. The van der Waals surface area contributed by atoms with Crippen LogP contribution in [0.4, 0.5) is 5.69 Å². The average Bonchev–Trinajstić information content (AvgIpc) is 2.88. The highest BCUT2D eigenvalue weighted by atomic mass is 32.1. The molecule has 1 aliphatic heterocycles. The van der Waals surface area contributed by atoms with Gasteiger partial charge in [-0.25, -0.2) is 4.79 Å². The van der Waals surface area contributed by atoms with Gasteiger partial charge >= 0.3 is 5.97 Å². The van der Waals surface area contributed by atoms with Crippen molar-refractivity contribution in [2.24, 2.45) is 0 Å². The van der Waals surface area contributed by atoms with E-state index in [4.69, 9.17) is 26.4 Å². The Kier molecular flexibility index (Phi) is 8.37. The normalized spacial score (nSPS) is 14.8. The Labute approximate surface area is 220 Å². The molecule has 8 nitrogen and oxygen atoms in total. The predicted molar refractivity (Wildman–Crippen MR) is 145 cm³/mol. The van der Waals surface area contributed by atoms with Gasteiger partial charge in [-0.05, 0) is 68.0 Å². The van der Waals surface area contributed by atoms with E-state index in [2.05, 4.69) is 16.0 Å². The van der Waals surface area contributed by atoms with E-state index in [-0.39, 0.29) is 12.5 Å². The van der Waals surface area contributed by atoms with Crippen molar-refractivity contribution in [1.82, 2.24) is 10.6 Å². The second-order valence-electron chi connectivity index (χ2n) is 8.11. The number of hydrogen-bond donors (Lipinski definition) is 3. The lowest BCUT2D eigenvalue weighted by Gasteiger charge is -2.30. The molecule has 0 radical (unpaired) electrons. The number of carbonyl (C=O) groups excluding carboxylic acids is 2. The number of para-hydroxylation sites is 2.